The number of hydrogen-bond acceptors (Lipinski definition) is 6. The first-order valence-electron chi connectivity index (χ1n) is 32.3. The number of esters is 3. The van der Waals surface area contributed by atoms with Crippen molar-refractivity contribution in [1.82, 2.24) is 0 Å². The van der Waals surface area contributed by atoms with E-state index in [9.17, 15) is 14.4 Å². The lowest BCUT2D eigenvalue weighted by Gasteiger charge is -2.18. The summed E-state index contributed by atoms with van der Waals surface area (Å²) in [4.78, 5) is 38.1. The number of ether oxygens (including phenoxy) is 3. The highest BCUT2D eigenvalue weighted by atomic mass is 16.6. The molecule has 0 aliphatic heterocycles. The maximum absolute atomic E-state index is 12.8. The lowest BCUT2D eigenvalue weighted by atomic mass is 10.0. The highest BCUT2D eigenvalue weighted by Crippen LogP contribution is 2.17. The van der Waals surface area contributed by atoms with E-state index in [0.717, 1.165) is 103 Å². The second-order valence-corrected chi connectivity index (χ2v) is 21.6. The molecule has 0 saturated heterocycles. The Balaban J connectivity index is 4.09. The first kappa shape index (κ1) is 71.1. The Hall–Kier alpha value is -2.89. The van der Waals surface area contributed by atoms with Gasteiger partial charge in [0.05, 0.1) is 0 Å². The summed E-state index contributed by atoms with van der Waals surface area (Å²) in [6.45, 7) is 6.53. The number of rotatable bonds is 59. The molecule has 0 aromatic heterocycles. The molecule has 0 spiro atoms. The minimum atomic E-state index is -0.780. The molecule has 0 aromatic rings. The van der Waals surface area contributed by atoms with Crippen molar-refractivity contribution < 1.29 is 28.6 Å². The van der Waals surface area contributed by atoms with E-state index in [2.05, 4.69) is 81.5 Å². The van der Waals surface area contributed by atoms with E-state index in [-0.39, 0.29) is 31.1 Å². The van der Waals surface area contributed by atoms with Crippen LogP contribution in [0.25, 0.3) is 0 Å². The van der Waals surface area contributed by atoms with Gasteiger partial charge in [-0.25, -0.2) is 0 Å². The van der Waals surface area contributed by atoms with Crippen LogP contribution < -0.4 is 0 Å². The minimum Gasteiger partial charge on any atom is -0.462 e. The number of hydrogen-bond donors (Lipinski definition) is 0. The predicted molar refractivity (Wildman–Crippen MR) is 321 cm³/mol. The van der Waals surface area contributed by atoms with Crippen LogP contribution in [0.2, 0.25) is 0 Å². The Morgan fingerprint density at radius 2 is 0.527 bits per heavy atom. The van der Waals surface area contributed by atoms with Gasteiger partial charge in [0.15, 0.2) is 6.10 Å². The maximum Gasteiger partial charge on any atom is 0.306 e. The molecule has 0 aliphatic carbocycles. The highest BCUT2D eigenvalue weighted by Gasteiger charge is 2.19. The first-order valence-corrected chi connectivity index (χ1v) is 32.3. The number of carbonyl (C=O) groups is 3. The van der Waals surface area contributed by atoms with Gasteiger partial charge in [-0.1, -0.05) is 293 Å². The van der Waals surface area contributed by atoms with Gasteiger partial charge in [0.2, 0.25) is 0 Å². The van der Waals surface area contributed by atoms with Crippen LogP contribution in [0.5, 0.6) is 0 Å². The van der Waals surface area contributed by atoms with Gasteiger partial charge in [-0.15, -0.1) is 0 Å². The molecule has 6 nitrogen and oxygen atoms in total. The third-order valence-electron chi connectivity index (χ3n) is 14.3. The van der Waals surface area contributed by atoms with Crippen LogP contribution in [0.4, 0.5) is 0 Å². The van der Waals surface area contributed by atoms with Crippen molar-refractivity contribution in [1.29, 1.82) is 0 Å². The number of unbranched alkanes of at least 4 members (excludes halogenated alkanes) is 38. The highest BCUT2D eigenvalue weighted by molar-refractivity contribution is 5.71. The van der Waals surface area contributed by atoms with Crippen molar-refractivity contribution in [2.24, 2.45) is 0 Å². The molecule has 0 saturated carbocycles. The summed E-state index contributed by atoms with van der Waals surface area (Å²) in [5.41, 5.74) is 0. The molecule has 0 amide bonds. The molecule has 0 aromatic carbocycles. The van der Waals surface area contributed by atoms with Crippen LogP contribution in [-0.2, 0) is 28.6 Å². The monoisotopic (exact) mass is 1030 g/mol. The molecule has 0 aliphatic rings. The third kappa shape index (κ3) is 60.0. The molecule has 0 rings (SSSR count). The van der Waals surface area contributed by atoms with Gasteiger partial charge < -0.3 is 14.2 Å². The largest absolute Gasteiger partial charge is 0.462 e. The van der Waals surface area contributed by atoms with Gasteiger partial charge in [0.1, 0.15) is 13.2 Å². The molecule has 0 bridgehead atoms. The Morgan fingerprint density at radius 3 is 0.824 bits per heavy atom. The van der Waals surface area contributed by atoms with Crippen LogP contribution in [0.15, 0.2) is 60.8 Å². The predicted octanol–water partition coefficient (Wildman–Crippen LogP) is 21.9. The SMILES string of the molecule is CC/C=C\C/C=C\C/C=C\CCCCCCCC(=O)OC(COC(=O)CCCCCCCCCCCC)COC(=O)CCCCCCCCCCCCCCCCCCCCC/C=C\C/C=C\CCCCCCC. The number of allylic oxidation sites excluding steroid dienone is 10. The Morgan fingerprint density at radius 1 is 0.284 bits per heavy atom. The first-order chi connectivity index (χ1) is 36.5. The van der Waals surface area contributed by atoms with Crippen LogP contribution >= 0.6 is 0 Å². The molecule has 430 valence electrons. The van der Waals surface area contributed by atoms with Crippen LogP contribution in [0, 0.1) is 0 Å². The summed E-state index contributed by atoms with van der Waals surface area (Å²) >= 11 is 0. The fourth-order valence-electron chi connectivity index (χ4n) is 9.43. The zero-order valence-electron chi connectivity index (χ0n) is 49.4. The van der Waals surface area contributed by atoms with Crippen molar-refractivity contribution in [3.8, 4) is 0 Å². The van der Waals surface area contributed by atoms with Gasteiger partial charge in [0, 0.05) is 19.3 Å². The van der Waals surface area contributed by atoms with Crippen molar-refractivity contribution in [2.45, 2.75) is 341 Å². The lowest BCUT2D eigenvalue weighted by molar-refractivity contribution is -0.167. The van der Waals surface area contributed by atoms with Crippen molar-refractivity contribution in [3.63, 3.8) is 0 Å². The quantitative estimate of drug-likeness (QED) is 0.0261. The van der Waals surface area contributed by atoms with Gasteiger partial charge in [-0.3, -0.25) is 14.4 Å². The lowest BCUT2D eigenvalue weighted by Crippen LogP contribution is -2.30. The van der Waals surface area contributed by atoms with Crippen molar-refractivity contribution >= 4 is 17.9 Å². The summed E-state index contributed by atoms with van der Waals surface area (Å²) in [6.07, 6.45) is 79.7. The zero-order chi connectivity index (χ0) is 53.6. The van der Waals surface area contributed by atoms with Gasteiger partial charge in [-0.2, -0.15) is 0 Å². The van der Waals surface area contributed by atoms with Gasteiger partial charge >= 0.3 is 17.9 Å². The van der Waals surface area contributed by atoms with E-state index < -0.39 is 6.10 Å². The van der Waals surface area contributed by atoms with E-state index in [1.165, 1.54) is 193 Å². The summed E-state index contributed by atoms with van der Waals surface area (Å²) in [6, 6.07) is 0. The minimum absolute atomic E-state index is 0.0772. The molecular formula is C68H122O6. The topological polar surface area (TPSA) is 78.9 Å². The Kier molecular flexibility index (Phi) is 60.2. The van der Waals surface area contributed by atoms with E-state index in [4.69, 9.17) is 14.2 Å². The zero-order valence-corrected chi connectivity index (χ0v) is 49.4. The van der Waals surface area contributed by atoms with E-state index >= 15 is 0 Å². The molecular weight excluding hydrogens is 913 g/mol. The smallest absolute Gasteiger partial charge is 0.306 e. The molecule has 6 heteroatoms. The van der Waals surface area contributed by atoms with E-state index in [0.29, 0.717) is 19.3 Å². The maximum atomic E-state index is 12.8. The molecule has 1 unspecified atom stereocenters. The van der Waals surface area contributed by atoms with Crippen LogP contribution in [0.1, 0.15) is 335 Å². The molecule has 1 atom stereocenters. The number of carbonyl (C=O) groups excluding carboxylic acids is 3. The Bertz CT molecular complexity index is 1330. The normalized spacial score (nSPS) is 12.4. The van der Waals surface area contributed by atoms with Crippen LogP contribution in [0.3, 0.4) is 0 Å². The average Bonchev–Trinajstić information content (AvgIpc) is 3.40. The summed E-state index contributed by atoms with van der Waals surface area (Å²) in [5.74, 6) is -0.880. The van der Waals surface area contributed by atoms with Gasteiger partial charge in [0.25, 0.3) is 0 Å². The van der Waals surface area contributed by atoms with E-state index in [1.54, 1.807) is 0 Å². The molecule has 0 radical (unpaired) electrons. The van der Waals surface area contributed by atoms with E-state index in [1.807, 2.05) is 0 Å². The van der Waals surface area contributed by atoms with Crippen molar-refractivity contribution in [3.05, 3.63) is 60.8 Å². The molecule has 0 heterocycles. The summed E-state index contributed by atoms with van der Waals surface area (Å²) in [5, 5.41) is 0. The third-order valence-corrected chi connectivity index (χ3v) is 14.3. The van der Waals surface area contributed by atoms with Gasteiger partial charge in [-0.05, 0) is 83.5 Å². The van der Waals surface area contributed by atoms with Crippen molar-refractivity contribution in [2.75, 3.05) is 13.2 Å². The summed E-state index contributed by atoms with van der Waals surface area (Å²) < 4.78 is 16.9. The second kappa shape index (κ2) is 62.6. The molecule has 0 N–H and O–H groups in total. The summed E-state index contributed by atoms with van der Waals surface area (Å²) in [7, 11) is 0. The fraction of sp³-hybridized carbons (Fsp3) is 0.809. The van der Waals surface area contributed by atoms with Crippen LogP contribution in [-0.4, -0.2) is 37.2 Å². The molecule has 0 fully saturated rings. The standard InChI is InChI=1S/C68H122O6/c1-4-7-10-13-16-19-22-24-26-27-28-29-30-31-32-33-34-35-36-37-38-39-40-41-43-44-46-49-52-55-58-61-67(70)73-64-65(63-72-66(69)60-57-54-51-48-21-18-15-12-9-6-3)74-68(71)62-59-56-53-50-47-45-42-25-23-20-17-14-11-8-5-2/h8,11,17,20,22,24-25,27-28,42,65H,4-7,9-10,12-16,18-19,21,23,26,29-41,43-64H2,1-3H3/b11-8-,20-17-,24-22-,28-27-,42-25-. The molecule has 74 heavy (non-hydrogen) atoms. The Labute approximate surface area is 460 Å². The fourth-order valence-corrected chi connectivity index (χ4v) is 9.43. The second-order valence-electron chi connectivity index (χ2n) is 21.6. The average molecular weight is 1040 g/mol.